The third-order valence-corrected chi connectivity index (χ3v) is 5.48. The smallest absolute Gasteiger partial charge is 0.305 e. The second kappa shape index (κ2) is 6.20. The summed E-state index contributed by atoms with van der Waals surface area (Å²) in [5, 5.41) is 0. The number of anilines is 1. The van der Waals surface area contributed by atoms with E-state index in [2.05, 4.69) is 41.9 Å². The molecule has 122 valence electrons. The van der Waals surface area contributed by atoms with Crippen LogP contribution in [-0.2, 0) is 0 Å². The summed E-state index contributed by atoms with van der Waals surface area (Å²) in [7, 11) is 0. The first-order chi connectivity index (χ1) is 11.0. The van der Waals surface area contributed by atoms with Crippen molar-refractivity contribution in [3.05, 3.63) is 49.6 Å². The van der Waals surface area contributed by atoms with Crippen molar-refractivity contribution in [1.82, 2.24) is 9.88 Å². The Bertz CT molecular complexity index is 785. The van der Waals surface area contributed by atoms with Crippen LogP contribution in [0, 0.1) is 20.8 Å². The number of nitrogens with one attached hydrogen (secondary N) is 1. The maximum absolute atomic E-state index is 12.6. The number of thiazole rings is 1. The number of aryl methyl sites for hydroxylation is 2. The fourth-order valence-corrected chi connectivity index (χ4v) is 3.79. The van der Waals surface area contributed by atoms with Gasteiger partial charge in [0.15, 0.2) is 0 Å². The molecule has 0 aliphatic carbocycles. The molecular formula is C17H21N3O2S. The van der Waals surface area contributed by atoms with Crippen LogP contribution in [0.25, 0.3) is 0 Å². The summed E-state index contributed by atoms with van der Waals surface area (Å²) >= 11 is 1.00. The molecule has 0 atom stereocenters. The summed E-state index contributed by atoms with van der Waals surface area (Å²) in [6.45, 7) is 9.02. The lowest BCUT2D eigenvalue weighted by atomic mass is 10.1. The first-order valence-corrected chi connectivity index (χ1v) is 8.59. The van der Waals surface area contributed by atoms with Gasteiger partial charge in [-0.05, 0) is 38.0 Å². The minimum atomic E-state index is -0.167. The number of piperazine rings is 1. The molecule has 0 spiro atoms. The van der Waals surface area contributed by atoms with Crippen molar-refractivity contribution in [2.45, 2.75) is 20.8 Å². The number of aromatic amines is 1. The Morgan fingerprint density at radius 3 is 2.43 bits per heavy atom. The first kappa shape index (κ1) is 15.8. The maximum atomic E-state index is 12.6. The van der Waals surface area contributed by atoms with Gasteiger partial charge in [0, 0.05) is 37.6 Å². The highest BCUT2D eigenvalue weighted by Crippen LogP contribution is 2.24. The molecule has 1 N–H and O–H groups in total. The Labute approximate surface area is 139 Å². The zero-order valence-electron chi connectivity index (χ0n) is 13.7. The van der Waals surface area contributed by atoms with E-state index < -0.39 is 0 Å². The number of benzene rings is 1. The number of amides is 1. The number of carbonyl (C=O) groups excluding carboxylic acids is 1. The summed E-state index contributed by atoms with van der Waals surface area (Å²) in [6.07, 6.45) is 0. The topological polar surface area (TPSA) is 56.4 Å². The van der Waals surface area contributed by atoms with Crippen molar-refractivity contribution in [1.29, 1.82) is 0 Å². The Morgan fingerprint density at radius 1 is 1.13 bits per heavy atom. The Hall–Kier alpha value is -2.08. The maximum Gasteiger partial charge on any atom is 0.305 e. The normalized spacial score (nSPS) is 15.1. The molecule has 0 saturated carbocycles. The van der Waals surface area contributed by atoms with Crippen molar-refractivity contribution in [3.8, 4) is 0 Å². The molecule has 5 nitrogen and oxygen atoms in total. The van der Waals surface area contributed by atoms with Gasteiger partial charge in [0.1, 0.15) is 4.88 Å². The standard InChI is InChI=1S/C17H21N3O2S/c1-11-5-4-6-14(12(11)2)19-7-9-20(10-8-19)16(21)15-13(3)18-17(22)23-15/h4-6H,7-10H2,1-3H3,(H,18,22). The van der Waals surface area contributed by atoms with Crippen LogP contribution in [-0.4, -0.2) is 42.0 Å². The number of H-pyrrole nitrogens is 1. The second-order valence-electron chi connectivity index (χ2n) is 5.97. The molecule has 1 aliphatic heterocycles. The Morgan fingerprint density at radius 2 is 1.83 bits per heavy atom. The third-order valence-electron chi connectivity index (χ3n) is 4.50. The van der Waals surface area contributed by atoms with Gasteiger partial charge in [-0.3, -0.25) is 9.59 Å². The molecular weight excluding hydrogens is 310 g/mol. The van der Waals surface area contributed by atoms with Gasteiger partial charge in [0.2, 0.25) is 0 Å². The van der Waals surface area contributed by atoms with Gasteiger partial charge in [-0.25, -0.2) is 0 Å². The molecule has 23 heavy (non-hydrogen) atoms. The molecule has 1 aliphatic rings. The van der Waals surface area contributed by atoms with Crippen molar-refractivity contribution in [3.63, 3.8) is 0 Å². The fraction of sp³-hybridized carbons (Fsp3) is 0.412. The molecule has 1 amide bonds. The van der Waals surface area contributed by atoms with Crippen molar-refractivity contribution in [2.75, 3.05) is 31.1 Å². The lowest BCUT2D eigenvalue weighted by Gasteiger charge is -2.37. The lowest BCUT2D eigenvalue weighted by molar-refractivity contribution is 0.0750. The Kier molecular flexibility index (Phi) is 4.26. The van der Waals surface area contributed by atoms with E-state index in [9.17, 15) is 9.59 Å². The SMILES string of the molecule is Cc1cccc(N2CCN(C(=O)c3sc(=O)[nH]c3C)CC2)c1C. The van der Waals surface area contributed by atoms with Crippen molar-refractivity contribution >= 4 is 22.9 Å². The van der Waals surface area contributed by atoms with Gasteiger partial charge in [0.05, 0.1) is 0 Å². The molecule has 2 heterocycles. The second-order valence-corrected chi connectivity index (χ2v) is 6.95. The Balaban J connectivity index is 1.71. The van der Waals surface area contributed by atoms with Crippen LogP contribution < -0.4 is 9.77 Å². The van der Waals surface area contributed by atoms with Gasteiger partial charge < -0.3 is 14.8 Å². The summed E-state index contributed by atoms with van der Waals surface area (Å²) in [4.78, 5) is 31.2. The average Bonchev–Trinajstić information content (AvgIpc) is 2.88. The van der Waals surface area contributed by atoms with Crippen LogP contribution in [0.2, 0.25) is 0 Å². The van der Waals surface area contributed by atoms with Crippen LogP contribution in [0.4, 0.5) is 5.69 Å². The molecule has 0 unspecified atom stereocenters. The van der Waals surface area contributed by atoms with Crippen molar-refractivity contribution < 1.29 is 4.79 Å². The summed E-state index contributed by atoms with van der Waals surface area (Å²) in [6, 6.07) is 6.34. The summed E-state index contributed by atoms with van der Waals surface area (Å²) < 4.78 is 0. The molecule has 1 fully saturated rings. The zero-order valence-corrected chi connectivity index (χ0v) is 14.5. The monoisotopic (exact) mass is 331 g/mol. The van der Waals surface area contributed by atoms with E-state index in [1.165, 1.54) is 16.8 Å². The van der Waals surface area contributed by atoms with E-state index in [4.69, 9.17) is 0 Å². The minimum absolute atomic E-state index is 0.0357. The third kappa shape index (κ3) is 3.03. The highest BCUT2D eigenvalue weighted by atomic mass is 32.1. The summed E-state index contributed by atoms with van der Waals surface area (Å²) in [5.41, 5.74) is 4.50. The molecule has 3 rings (SSSR count). The van der Waals surface area contributed by atoms with Crippen LogP contribution in [0.1, 0.15) is 26.5 Å². The number of hydrogen-bond donors (Lipinski definition) is 1. The molecule has 0 bridgehead atoms. The molecule has 1 saturated heterocycles. The van der Waals surface area contributed by atoms with E-state index in [0.29, 0.717) is 23.7 Å². The quantitative estimate of drug-likeness (QED) is 0.919. The number of rotatable bonds is 2. The molecule has 1 aromatic carbocycles. The van der Waals surface area contributed by atoms with E-state index in [1.807, 2.05) is 4.90 Å². The fourth-order valence-electron chi connectivity index (χ4n) is 2.98. The predicted octanol–water partition coefficient (Wildman–Crippen LogP) is 2.32. The average molecular weight is 331 g/mol. The first-order valence-electron chi connectivity index (χ1n) is 7.77. The van der Waals surface area contributed by atoms with Gasteiger partial charge in [0.25, 0.3) is 5.91 Å². The number of hydrogen-bond acceptors (Lipinski definition) is 4. The van der Waals surface area contributed by atoms with Crippen LogP contribution in [0.15, 0.2) is 23.0 Å². The van der Waals surface area contributed by atoms with Gasteiger partial charge >= 0.3 is 4.87 Å². The number of carbonyl (C=O) groups is 1. The lowest BCUT2D eigenvalue weighted by Crippen LogP contribution is -2.49. The van der Waals surface area contributed by atoms with Crippen LogP contribution in [0.5, 0.6) is 0 Å². The molecule has 6 heteroatoms. The van der Waals surface area contributed by atoms with Crippen LogP contribution in [0.3, 0.4) is 0 Å². The van der Waals surface area contributed by atoms with Crippen LogP contribution >= 0.6 is 11.3 Å². The largest absolute Gasteiger partial charge is 0.368 e. The molecule has 1 aromatic heterocycles. The molecule has 2 aromatic rings. The minimum Gasteiger partial charge on any atom is -0.368 e. The van der Waals surface area contributed by atoms with Gasteiger partial charge in [-0.2, -0.15) is 0 Å². The highest BCUT2D eigenvalue weighted by molar-refractivity contribution is 7.11. The van der Waals surface area contributed by atoms with Crippen molar-refractivity contribution in [2.24, 2.45) is 0 Å². The summed E-state index contributed by atoms with van der Waals surface area (Å²) in [5.74, 6) is -0.0357. The number of nitrogens with zero attached hydrogens (tertiary/aromatic N) is 2. The van der Waals surface area contributed by atoms with E-state index in [0.717, 1.165) is 24.4 Å². The van der Waals surface area contributed by atoms with Gasteiger partial charge in [-0.15, -0.1) is 0 Å². The molecule has 0 radical (unpaired) electrons. The zero-order chi connectivity index (χ0) is 16.6. The predicted molar refractivity (Wildman–Crippen MR) is 93.7 cm³/mol. The number of aromatic nitrogens is 1. The van der Waals surface area contributed by atoms with E-state index >= 15 is 0 Å². The highest BCUT2D eigenvalue weighted by Gasteiger charge is 2.25. The van der Waals surface area contributed by atoms with E-state index in [1.54, 1.807) is 6.92 Å². The van der Waals surface area contributed by atoms with E-state index in [-0.39, 0.29) is 10.8 Å². The van der Waals surface area contributed by atoms with Gasteiger partial charge in [-0.1, -0.05) is 23.5 Å².